The van der Waals surface area contributed by atoms with Gasteiger partial charge in [0.15, 0.2) is 0 Å². The van der Waals surface area contributed by atoms with Crippen LogP contribution in [0.2, 0.25) is 0 Å². The van der Waals surface area contributed by atoms with Crippen molar-refractivity contribution in [2.75, 3.05) is 26.2 Å². The van der Waals surface area contributed by atoms with Gasteiger partial charge in [0.2, 0.25) is 0 Å². The highest BCUT2D eigenvalue weighted by atomic mass is 32.2. The van der Waals surface area contributed by atoms with Crippen molar-refractivity contribution in [3.63, 3.8) is 0 Å². The topological polar surface area (TPSA) is 70.2 Å². The summed E-state index contributed by atoms with van der Waals surface area (Å²) in [5, 5.41) is 3.10. The van der Waals surface area contributed by atoms with Crippen molar-refractivity contribution in [3.8, 4) is 0 Å². The van der Waals surface area contributed by atoms with Gasteiger partial charge >= 0.3 is 0 Å². The Hall–Kier alpha value is -0.170. The van der Waals surface area contributed by atoms with Gasteiger partial charge in [0.05, 0.1) is 0 Å². The maximum Gasteiger partial charge on any atom is 0.276 e. The van der Waals surface area contributed by atoms with Gasteiger partial charge in [-0.1, -0.05) is 13.8 Å². The van der Waals surface area contributed by atoms with Gasteiger partial charge in [-0.25, -0.2) is 9.44 Å². The van der Waals surface area contributed by atoms with Crippen LogP contribution in [0.5, 0.6) is 0 Å². The Labute approximate surface area is 80.5 Å². The van der Waals surface area contributed by atoms with Crippen molar-refractivity contribution in [2.45, 2.75) is 20.3 Å². The lowest BCUT2D eigenvalue weighted by atomic mass is 10.5. The van der Waals surface area contributed by atoms with Crippen LogP contribution in [-0.2, 0) is 10.2 Å². The van der Waals surface area contributed by atoms with E-state index in [1.54, 1.807) is 6.92 Å². The first kappa shape index (κ1) is 12.8. The fraction of sp³-hybridized carbons (Fsp3) is 1.00. The zero-order valence-electron chi connectivity index (χ0n) is 8.26. The fourth-order valence-corrected chi connectivity index (χ4v) is 1.67. The van der Waals surface area contributed by atoms with Crippen LogP contribution < -0.4 is 14.8 Å². The molecule has 0 amide bonds. The van der Waals surface area contributed by atoms with Crippen molar-refractivity contribution < 1.29 is 8.42 Å². The molecule has 0 atom stereocenters. The smallest absolute Gasteiger partial charge is 0.276 e. The molecule has 0 aliphatic heterocycles. The van der Waals surface area contributed by atoms with Gasteiger partial charge in [-0.15, -0.1) is 0 Å². The first-order valence-electron chi connectivity index (χ1n) is 4.57. The van der Waals surface area contributed by atoms with E-state index in [-0.39, 0.29) is 0 Å². The van der Waals surface area contributed by atoms with Gasteiger partial charge in [0, 0.05) is 19.6 Å². The summed E-state index contributed by atoms with van der Waals surface area (Å²) in [5.41, 5.74) is 0. The minimum Gasteiger partial charge on any atom is -0.315 e. The van der Waals surface area contributed by atoms with Gasteiger partial charge < -0.3 is 5.32 Å². The molecule has 0 unspecified atom stereocenters. The van der Waals surface area contributed by atoms with Crippen LogP contribution in [0, 0.1) is 0 Å². The highest BCUT2D eigenvalue weighted by Gasteiger charge is 2.04. The summed E-state index contributed by atoms with van der Waals surface area (Å²) >= 11 is 0. The molecular formula is C7H19N3O2S. The predicted octanol–water partition coefficient (Wildman–Crippen LogP) is -0.570. The lowest BCUT2D eigenvalue weighted by molar-refractivity contribution is 0.563. The molecular weight excluding hydrogens is 190 g/mol. The summed E-state index contributed by atoms with van der Waals surface area (Å²) in [7, 11) is -3.26. The van der Waals surface area contributed by atoms with Gasteiger partial charge in [0.25, 0.3) is 10.2 Å². The molecule has 0 rings (SSSR count). The summed E-state index contributed by atoms with van der Waals surface area (Å²) in [6.45, 7) is 6.23. The number of nitrogens with one attached hydrogen (secondary N) is 3. The van der Waals surface area contributed by atoms with Crippen molar-refractivity contribution in [3.05, 3.63) is 0 Å². The average molecular weight is 209 g/mol. The first-order chi connectivity index (χ1) is 6.12. The summed E-state index contributed by atoms with van der Waals surface area (Å²) in [4.78, 5) is 0. The predicted molar refractivity (Wildman–Crippen MR) is 53.8 cm³/mol. The Morgan fingerprint density at radius 1 is 1.00 bits per heavy atom. The summed E-state index contributed by atoms with van der Waals surface area (Å²) in [5.74, 6) is 0. The van der Waals surface area contributed by atoms with E-state index in [9.17, 15) is 8.42 Å². The average Bonchev–Trinajstić information content (AvgIpc) is 2.04. The van der Waals surface area contributed by atoms with Crippen molar-refractivity contribution >= 4 is 10.2 Å². The minimum atomic E-state index is -3.26. The van der Waals surface area contributed by atoms with Crippen LogP contribution in [-0.4, -0.2) is 34.6 Å². The van der Waals surface area contributed by atoms with Crippen LogP contribution >= 0.6 is 0 Å². The second kappa shape index (κ2) is 7.25. The van der Waals surface area contributed by atoms with E-state index in [4.69, 9.17) is 0 Å². The maximum atomic E-state index is 11.0. The van der Waals surface area contributed by atoms with E-state index >= 15 is 0 Å². The molecule has 0 saturated heterocycles. The lowest BCUT2D eigenvalue weighted by Gasteiger charge is -2.06. The van der Waals surface area contributed by atoms with Crippen LogP contribution in [0.4, 0.5) is 0 Å². The summed E-state index contributed by atoms with van der Waals surface area (Å²) < 4.78 is 26.8. The Bertz CT molecular complexity index is 204. The molecule has 0 heterocycles. The first-order valence-corrected chi connectivity index (χ1v) is 6.05. The molecule has 13 heavy (non-hydrogen) atoms. The molecule has 3 N–H and O–H groups in total. The second-order valence-corrected chi connectivity index (χ2v) is 4.23. The van der Waals surface area contributed by atoms with Crippen LogP contribution in [0.25, 0.3) is 0 Å². The molecule has 0 radical (unpaired) electrons. The van der Waals surface area contributed by atoms with Crippen LogP contribution in [0.1, 0.15) is 20.3 Å². The SMILES string of the molecule is CCCNCCNS(=O)(=O)NCC. The van der Waals surface area contributed by atoms with Gasteiger partial charge in [-0.3, -0.25) is 0 Å². The Balaban J connectivity index is 3.41. The molecule has 80 valence electrons. The zero-order chi connectivity index (χ0) is 10.2. The molecule has 0 saturated carbocycles. The maximum absolute atomic E-state index is 11.0. The molecule has 0 fully saturated rings. The van der Waals surface area contributed by atoms with E-state index in [0.717, 1.165) is 13.0 Å². The Kier molecular flexibility index (Phi) is 7.16. The number of hydrogen-bond acceptors (Lipinski definition) is 3. The van der Waals surface area contributed by atoms with Crippen LogP contribution in [0.3, 0.4) is 0 Å². The zero-order valence-corrected chi connectivity index (χ0v) is 9.08. The van der Waals surface area contributed by atoms with E-state index in [2.05, 4.69) is 21.7 Å². The Morgan fingerprint density at radius 3 is 2.23 bits per heavy atom. The minimum absolute atomic E-state index is 0.414. The summed E-state index contributed by atoms with van der Waals surface area (Å²) in [6.07, 6.45) is 1.06. The highest BCUT2D eigenvalue weighted by Crippen LogP contribution is 1.74. The number of rotatable bonds is 8. The molecule has 6 heteroatoms. The normalized spacial score (nSPS) is 11.8. The highest BCUT2D eigenvalue weighted by molar-refractivity contribution is 7.87. The third-order valence-electron chi connectivity index (χ3n) is 1.35. The number of hydrogen-bond donors (Lipinski definition) is 3. The second-order valence-electron chi connectivity index (χ2n) is 2.65. The molecule has 0 aromatic carbocycles. The van der Waals surface area contributed by atoms with Gasteiger partial charge in [-0.05, 0) is 13.0 Å². The van der Waals surface area contributed by atoms with E-state index in [1.165, 1.54) is 0 Å². The standard InChI is InChI=1S/C7H19N3O2S/c1-3-5-8-6-7-10-13(11,12)9-4-2/h8-10H,3-7H2,1-2H3. The van der Waals surface area contributed by atoms with Crippen molar-refractivity contribution in [1.82, 2.24) is 14.8 Å². The van der Waals surface area contributed by atoms with Crippen LogP contribution in [0.15, 0.2) is 0 Å². The largest absolute Gasteiger partial charge is 0.315 e. The molecule has 5 nitrogen and oxygen atoms in total. The molecule has 0 bridgehead atoms. The fourth-order valence-electron chi connectivity index (χ4n) is 0.817. The molecule has 0 aliphatic rings. The van der Waals surface area contributed by atoms with Crippen molar-refractivity contribution in [1.29, 1.82) is 0 Å². The molecule has 0 aromatic heterocycles. The molecule has 0 spiro atoms. The lowest BCUT2D eigenvalue weighted by Crippen LogP contribution is -2.39. The molecule has 0 aliphatic carbocycles. The van der Waals surface area contributed by atoms with E-state index in [0.29, 0.717) is 19.6 Å². The van der Waals surface area contributed by atoms with Crippen molar-refractivity contribution in [2.24, 2.45) is 0 Å². The molecule has 0 aromatic rings. The third-order valence-corrected chi connectivity index (χ3v) is 2.61. The van der Waals surface area contributed by atoms with Gasteiger partial charge in [-0.2, -0.15) is 8.42 Å². The van der Waals surface area contributed by atoms with E-state index < -0.39 is 10.2 Å². The van der Waals surface area contributed by atoms with E-state index in [1.807, 2.05) is 0 Å². The van der Waals surface area contributed by atoms with Gasteiger partial charge in [0.1, 0.15) is 0 Å². The third kappa shape index (κ3) is 8.17. The summed E-state index contributed by atoms with van der Waals surface area (Å²) in [6, 6.07) is 0. The monoisotopic (exact) mass is 209 g/mol. The quantitative estimate of drug-likeness (QED) is 0.469. The Morgan fingerprint density at radius 2 is 1.69 bits per heavy atom.